The molecule has 0 spiro atoms. The summed E-state index contributed by atoms with van der Waals surface area (Å²) in [7, 11) is 0. The van der Waals surface area contributed by atoms with Crippen molar-refractivity contribution >= 4 is 23.7 Å². The van der Waals surface area contributed by atoms with Crippen molar-refractivity contribution in [2.24, 2.45) is 0 Å². The normalized spacial score (nSPS) is 18.2. The Labute approximate surface area is 128 Å². The first kappa shape index (κ1) is 16.1. The minimum atomic E-state index is -0.854. The van der Waals surface area contributed by atoms with Gasteiger partial charge >= 0.3 is 5.97 Å². The third kappa shape index (κ3) is 3.88. The van der Waals surface area contributed by atoms with Gasteiger partial charge in [-0.25, -0.2) is 0 Å². The quantitative estimate of drug-likeness (QED) is 0.828. The minimum Gasteiger partial charge on any atom is -0.481 e. The standard InChI is InChI=1S/C13H22N4O3S/c1-9(2)17-11(14-15-12(17)21-7-10(18)19)16-5-6-20-13(3,4)8-16/h9H,5-8H2,1-4H3,(H,18,19). The summed E-state index contributed by atoms with van der Waals surface area (Å²) in [6.45, 7) is 10.3. The Morgan fingerprint density at radius 1 is 1.48 bits per heavy atom. The van der Waals surface area contributed by atoms with E-state index in [1.807, 2.05) is 18.4 Å². The monoisotopic (exact) mass is 314 g/mol. The summed E-state index contributed by atoms with van der Waals surface area (Å²) in [5.41, 5.74) is -0.222. The lowest BCUT2D eigenvalue weighted by atomic mass is 10.1. The number of rotatable bonds is 5. The van der Waals surface area contributed by atoms with Crippen LogP contribution in [0.3, 0.4) is 0 Å². The molecule has 0 radical (unpaired) electrons. The largest absolute Gasteiger partial charge is 0.481 e. The smallest absolute Gasteiger partial charge is 0.313 e. The van der Waals surface area contributed by atoms with Crippen LogP contribution < -0.4 is 4.90 Å². The van der Waals surface area contributed by atoms with Crippen molar-refractivity contribution in [2.45, 2.75) is 44.5 Å². The van der Waals surface area contributed by atoms with Crippen LogP contribution >= 0.6 is 11.8 Å². The molecule has 0 aliphatic carbocycles. The third-order valence-corrected chi connectivity index (χ3v) is 4.12. The van der Waals surface area contributed by atoms with Crippen molar-refractivity contribution in [3.8, 4) is 0 Å². The lowest BCUT2D eigenvalue weighted by Gasteiger charge is -2.38. The first-order valence-corrected chi connectivity index (χ1v) is 7.97. The zero-order valence-electron chi connectivity index (χ0n) is 12.9. The second-order valence-corrected chi connectivity index (χ2v) is 6.90. The lowest BCUT2D eigenvalue weighted by Crippen LogP contribution is -2.49. The molecule has 8 heteroatoms. The molecule has 0 unspecified atom stereocenters. The molecule has 21 heavy (non-hydrogen) atoms. The van der Waals surface area contributed by atoms with Gasteiger partial charge in [-0.2, -0.15) is 0 Å². The molecular weight excluding hydrogens is 292 g/mol. The summed E-state index contributed by atoms with van der Waals surface area (Å²) in [6.07, 6.45) is 0. The summed E-state index contributed by atoms with van der Waals surface area (Å²) in [4.78, 5) is 12.9. The van der Waals surface area contributed by atoms with E-state index in [9.17, 15) is 4.79 Å². The number of carboxylic acid groups (broad SMARTS) is 1. The van der Waals surface area contributed by atoms with Crippen LogP contribution in [0, 0.1) is 0 Å². The molecule has 0 amide bonds. The Kier molecular flexibility index (Phi) is 4.77. The Balaban J connectivity index is 2.24. The van der Waals surface area contributed by atoms with Crippen molar-refractivity contribution < 1.29 is 14.6 Å². The van der Waals surface area contributed by atoms with E-state index in [-0.39, 0.29) is 17.4 Å². The maximum absolute atomic E-state index is 10.7. The van der Waals surface area contributed by atoms with E-state index >= 15 is 0 Å². The van der Waals surface area contributed by atoms with Crippen LogP contribution in [0.15, 0.2) is 5.16 Å². The van der Waals surface area contributed by atoms with E-state index in [2.05, 4.69) is 28.9 Å². The molecule has 0 atom stereocenters. The van der Waals surface area contributed by atoms with Crippen molar-refractivity contribution in [3.63, 3.8) is 0 Å². The average molecular weight is 314 g/mol. The molecule has 1 saturated heterocycles. The summed E-state index contributed by atoms with van der Waals surface area (Å²) in [5, 5.41) is 17.9. The van der Waals surface area contributed by atoms with Crippen LogP contribution in [-0.2, 0) is 9.53 Å². The zero-order valence-corrected chi connectivity index (χ0v) is 13.7. The van der Waals surface area contributed by atoms with Gasteiger partial charge in [-0.3, -0.25) is 9.36 Å². The highest BCUT2D eigenvalue weighted by molar-refractivity contribution is 7.99. The van der Waals surface area contributed by atoms with Crippen LogP contribution in [0.2, 0.25) is 0 Å². The number of morpholine rings is 1. The topological polar surface area (TPSA) is 80.5 Å². The molecule has 0 aromatic carbocycles. The number of aliphatic carboxylic acids is 1. The fourth-order valence-corrected chi connectivity index (χ4v) is 3.13. The highest BCUT2D eigenvalue weighted by Crippen LogP contribution is 2.28. The molecule has 1 aliphatic rings. The Morgan fingerprint density at radius 3 is 2.76 bits per heavy atom. The SMILES string of the molecule is CC(C)n1c(SCC(=O)O)nnc1N1CCOC(C)(C)C1. The van der Waals surface area contributed by atoms with Gasteiger partial charge in [-0.15, -0.1) is 10.2 Å². The Bertz CT molecular complexity index is 516. The van der Waals surface area contributed by atoms with Gasteiger partial charge in [-0.05, 0) is 27.7 Å². The number of nitrogens with zero attached hydrogens (tertiary/aromatic N) is 4. The highest BCUT2D eigenvalue weighted by atomic mass is 32.2. The van der Waals surface area contributed by atoms with Gasteiger partial charge < -0.3 is 14.7 Å². The molecule has 1 aromatic heterocycles. The summed E-state index contributed by atoms with van der Waals surface area (Å²) in [6, 6.07) is 0.164. The van der Waals surface area contributed by atoms with Crippen molar-refractivity contribution in [3.05, 3.63) is 0 Å². The predicted molar refractivity (Wildman–Crippen MR) is 81.0 cm³/mol. The van der Waals surface area contributed by atoms with E-state index in [4.69, 9.17) is 9.84 Å². The van der Waals surface area contributed by atoms with Crippen LogP contribution in [0.1, 0.15) is 33.7 Å². The van der Waals surface area contributed by atoms with Gasteiger partial charge in [0.2, 0.25) is 5.95 Å². The van der Waals surface area contributed by atoms with Crippen molar-refractivity contribution in [2.75, 3.05) is 30.3 Å². The van der Waals surface area contributed by atoms with E-state index in [1.165, 1.54) is 11.8 Å². The average Bonchev–Trinajstić information content (AvgIpc) is 2.79. The molecule has 1 N–H and O–H groups in total. The van der Waals surface area contributed by atoms with Gasteiger partial charge in [0, 0.05) is 19.1 Å². The predicted octanol–water partition coefficient (Wildman–Crippen LogP) is 1.65. The third-order valence-electron chi connectivity index (χ3n) is 3.20. The second kappa shape index (κ2) is 6.23. The molecule has 7 nitrogen and oxygen atoms in total. The number of anilines is 1. The van der Waals surface area contributed by atoms with Crippen LogP contribution in [0.5, 0.6) is 0 Å². The zero-order chi connectivity index (χ0) is 15.6. The second-order valence-electron chi connectivity index (χ2n) is 5.96. The van der Waals surface area contributed by atoms with E-state index < -0.39 is 5.97 Å². The number of carboxylic acids is 1. The first-order valence-electron chi connectivity index (χ1n) is 6.98. The van der Waals surface area contributed by atoms with Crippen molar-refractivity contribution in [1.82, 2.24) is 14.8 Å². The molecule has 2 heterocycles. The van der Waals surface area contributed by atoms with E-state index in [0.717, 1.165) is 19.0 Å². The molecule has 1 aromatic rings. The fraction of sp³-hybridized carbons (Fsp3) is 0.769. The Hall–Kier alpha value is -1.28. The summed E-state index contributed by atoms with van der Waals surface area (Å²) < 4.78 is 7.72. The van der Waals surface area contributed by atoms with Crippen LogP contribution in [0.4, 0.5) is 5.95 Å². The van der Waals surface area contributed by atoms with Gasteiger partial charge in [0.25, 0.3) is 0 Å². The maximum Gasteiger partial charge on any atom is 0.313 e. The van der Waals surface area contributed by atoms with Gasteiger partial charge in [0.15, 0.2) is 5.16 Å². The number of hydrogen-bond donors (Lipinski definition) is 1. The molecule has 1 aliphatic heterocycles. The molecule has 1 fully saturated rings. The maximum atomic E-state index is 10.7. The number of aromatic nitrogens is 3. The highest BCUT2D eigenvalue weighted by Gasteiger charge is 2.31. The first-order chi connectivity index (χ1) is 9.80. The molecular formula is C13H22N4O3S. The van der Waals surface area contributed by atoms with Crippen LogP contribution in [0.25, 0.3) is 0 Å². The number of carbonyl (C=O) groups is 1. The van der Waals surface area contributed by atoms with Gasteiger partial charge in [0.1, 0.15) is 0 Å². The van der Waals surface area contributed by atoms with E-state index in [0.29, 0.717) is 11.8 Å². The van der Waals surface area contributed by atoms with Gasteiger partial charge in [0.05, 0.1) is 18.0 Å². The molecule has 0 bridgehead atoms. The number of hydrogen-bond acceptors (Lipinski definition) is 6. The fourth-order valence-electron chi connectivity index (χ4n) is 2.35. The van der Waals surface area contributed by atoms with E-state index in [1.54, 1.807) is 0 Å². The van der Waals surface area contributed by atoms with Gasteiger partial charge in [-0.1, -0.05) is 11.8 Å². The Morgan fingerprint density at radius 2 is 2.19 bits per heavy atom. The molecule has 0 saturated carbocycles. The minimum absolute atomic E-state index is 0.0144. The summed E-state index contributed by atoms with van der Waals surface area (Å²) in [5.74, 6) is -0.0824. The number of ether oxygens (including phenoxy) is 1. The molecule has 2 rings (SSSR count). The van der Waals surface area contributed by atoms with Crippen molar-refractivity contribution in [1.29, 1.82) is 0 Å². The number of thioether (sulfide) groups is 1. The lowest BCUT2D eigenvalue weighted by molar-refractivity contribution is -0.133. The molecule has 118 valence electrons. The van der Waals surface area contributed by atoms with Crippen LogP contribution in [-0.4, -0.2) is 56.9 Å². The summed E-state index contributed by atoms with van der Waals surface area (Å²) >= 11 is 1.20.